The number of aromatic nitrogens is 3. The summed E-state index contributed by atoms with van der Waals surface area (Å²) in [5, 5.41) is 8.85. The van der Waals surface area contributed by atoms with Gasteiger partial charge in [0.15, 0.2) is 0 Å². The lowest BCUT2D eigenvalue weighted by Gasteiger charge is -2.07. The number of nitrogens with one attached hydrogen (secondary N) is 1. The predicted molar refractivity (Wildman–Crippen MR) is 92.8 cm³/mol. The molecule has 1 aromatic carbocycles. The maximum absolute atomic E-state index is 5.96. The lowest BCUT2D eigenvalue weighted by Crippen LogP contribution is -2.14. The number of aryl methyl sites for hydroxylation is 1. The Morgan fingerprint density at radius 3 is 2.57 bits per heavy atom. The van der Waals surface area contributed by atoms with Crippen molar-refractivity contribution in [1.29, 1.82) is 0 Å². The number of hydrogen-bond donors (Lipinski definition) is 1. The molecule has 1 N–H and O–H groups in total. The molecule has 0 aliphatic heterocycles. The molecule has 0 aliphatic carbocycles. The van der Waals surface area contributed by atoms with Gasteiger partial charge >= 0.3 is 0 Å². The Hall–Kier alpha value is -2.17. The Balaban J connectivity index is 1.74. The van der Waals surface area contributed by atoms with Gasteiger partial charge in [-0.1, -0.05) is 17.7 Å². The largest absolute Gasteiger partial charge is 0.308 e. The van der Waals surface area contributed by atoms with Gasteiger partial charge in [0.2, 0.25) is 0 Å². The number of nitrogens with zero attached hydrogens (tertiary/aromatic N) is 3. The van der Waals surface area contributed by atoms with Gasteiger partial charge < -0.3 is 5.32 Å². The molecule has 0 radical (unpaired) electrons. The minimum absolute atomic E-state index is 0.730. The molecule has 0 saturated heterocycles. The highest BCUT2D eigenvalue weighted by Gasteiger charge is 2.12. The van der Waals surface area contributed by atoms with E-state index in [4.69, 9.17) is 11.6 Å². The van der Waals surface area contributed by atoms with Crippen LogP contribution in [-0.4, -0.2) is 14.8 Å². The molecule has 5 heteroatoms. The molecule has 0 spiro atoms. The number of benzene rings is 1. The average molecular weight is 327 g/mol. The van der Waals surface area contributed by atoms with E-state index in [9.17, 15) is 0 Å². The first kappa shape index (κ1) is 15.7. The van der Waals surface area contributed by atoms with E-state index in [2.05, 4.69) is 28.4 Å². The molecule has 0 bridgehead atoms. The van der Waals surface area contributed by atoms with Gasteiger partial charge in [0.1, 0.15) is 0 Å². The lowest BCUT2D eigenvalue weighted by molar-refractivity contribution is 0.685. The van der Waals surface area contributed by atoms with E-state index in [-0.39, 0.29) is 0 Å². The summed E-state index contributed by atoms with van der Waals surface area (Å²) in [5.41, 5.74) is 5.60. The Morgan fingerprint density at radius 1 is 1.09 bits per heavy atom. The molecular formula is C18H19ClN4. The molecule has 23 heavy (non-hydrogen) atoms. The van der Waals surface area contributed by atoms with Crippen LogP contribution in [0.5, 0.6) is 0 Å². The topological polar surface area (TPSA) is 42.7 Å². The van der Waals surface area contributed by atoms with Gasteiger partial charge in [-0.25, -0.2) is 4.68 Å². The lowest BCUT2D eigenvalue weighted by atomic mass is 10.2. The molecule has 0 atom stereocenters. The van der Waals surface area contributed by atoms with Gasteiger partial charge in [-0.2, -0.15) is 5.10 Å². The number of rotatable bonds is 5. The van der Waals surface area contributed by atoms with Gasteiger partial charge in [0, 0.05) is 41.8 Å². The van der Waals surface area contributed by atoms with E-state index in [0.29, 0.717) is 0 Å². The first-order valence-corrected chi connectivity index (χ1v) is 7.93. The Bertz CT molecular complexity index is 779. The molecule has 0 fully saturated rings. The van der Waals surface area contributed by atoms with Crippen molar-refractivity contribution in [3.8, 4) is 5.69 Å². The second-order valence-electron chi connectivity index (χ2n) is 5.50. The fourth-order valence-electron chi connectivity index (χ4n) is 2.60. The zero-order valence-corrected chi connectivity index (χ0v) is 14.0. The van der Waals surface area contributed by atoms with Crippen LogP contribution in [0, 0.1) is 13.8 Å². The fraction of sp³-hybridized carbons (Fsp3) is 0.222. The molecular weight excluding hydrogens is 308 g/mol. The van der Waals surface area contributed by atoms with Crippen LogP contribution >= 0.6 is 11.6 Å². The zero-order valence-electron chi connectivity index (χ0n) is 13.3. The SMILES string of the molecule is Cc1nn(-c2ccc(Cl)cc2)c(C)c1CNCc1cccnc1. The molecule has 118 valence electrons. The molecule has 2 heterocycles. The smallest absolute Gasteiger partial charge is 0.0649 e. The summed E-state index contributed by atoms with van der Waals surface area (Å²) in [5.74, 6) is 0. The van der Waals surface area contributed by atoms with Crippen molar-refractivity contribution in [2.24, 2.45) is 0 Å². The quantitative estimate of drug-likeness (QED) is 0.775. The van der Waals surface area contributed by atoms with Gasteiger partial charge in [-0.15, -0.1) is 0 Å². The van der Waals surface area contributed by atoms with Crippen LogP contribution in [0.2, 0.25) is 5.02 Å². The minimum atomic E-state index is 0.730. The molecule has 0 aliphatic rings. The monoisotopic (exact) mass is 326 g/mol. The fourth-order valence-corrected chi connectivity index (χ4v) is 2.73. The highest BCUT2D eigenvalue weighted by Crippen LogP contribution is 2.19. The summed E-state index contributed by atoms with van der Waals surface area (Å²) in [6, 6.07) is 11.7. The summed E-state index contributed by atoms with van der Waals surface area (Å²) in [6.07, 6.45) is 3.66. The van der Waals surface area contributed by atoms with Gasteiger partial charge in [0.05, 0.1) is 11.4 Å². The van der Waals surface area contributed by atoms with Crippen LogP contribution in [0.1, 0.15) is 22.5 Å². The Labute approximate surface area is 141 Å². The summed E-state index contributed by atoms with van der Waals surface area (Å²) < 4.78 is 1.97. The molecule has 4 nitrogen and oxygen atoms in total. The van der Waals surface area contributed by atoms with E-state index in [1.807, 2.05) is 48.1 Å². The summed E-state index contributed by atoms with van der Waals surface area (Å²) in [6.45, 7) is 5.70. The van der Waals surface area contributed by atoms with Crippen molar-refractivity contribution >= 4 is 11.6 Å². The minimum Gasteiger partial charge on any atom is -0.308 e. The summed E-state index contributed by atoms with van der Waals surface area (Å²) >= 11 is 5.96. The predicted octanol–water partition coefficient (Wildman–Crippen LogP) is 3.83. The zero-order chi connectivity index (χ0) is 16.2. The van der Waals surface area contributed by atoms with E-state index >= 15 is 0 Å². The van der Waals surface area contributed by atoms with Crippen LogP contribution in [0.25, 0.3) is 5.69 Å². The van der Waals surface area contributed by atoms with Crippen molar-refractivity contribution in [2.45, 2.75) is 26.9 Å². The molecule has 0 unspecified atom stereocenters. The first-order chi connectivity index (χ1) is 11.1. The average Bonchev–Trinajstić information content (AvgIpc) is 2.85. The van der Waals surface area contributed by atoms with Crippen LogP contribution in [0.4, 0.5) is 0 Å². The standard InChI is InChI=1S/C18H19ClN4/c1-13-18(12-21-11-15-4-3-9-20-10-15)14(2)23(22-13)17-7-5-16(19)6-8-17/h3-10,21H,11-12H2,1-2H3. The normalized spacial score (nSPS) is 10.9. The van der Waals surface area contributed by atoms with Crippen LogP contribution in [0.15, 0.2) is 48.8 Å². The highest BCUT2D eigenvalue weighted by molar-refractivity contribution is 6.30. The van der Waals surface area contributed by atoms with Crippen LogP contribution in [-0.2, 0) is 13.1 Å². The van der Waals surface area contributed by atoms with Crippen molar-refractivity contribution in [3.63, 3.8) is 0 Å². The summed E-state index contributed by atoms with van der Waals surface area (Å²) in [4.78, 5) is 4.13. The molecule has 2 aromatic heterocycles. The highest BCUT2D eigenvalue weighted by atomic mass is 35.5. The maximum Gasteiger partial charge on any atom is 0.0649 e. The molecule has 0 saturated carbocycles. The van der Waals surface area contributed by atoms with Gasteiger partial charge in [-0.05, 0) is 49.7 Å². The third-order valence-electron chi connectivity index (χ3n) is 3.87. The van der Waals surface area contributed by atoms with E-state index in [1.165, 1.54) is 11.1 Å². The maximum atomic E-state index is 5.96. The number of halogens is 1. The number of pyridine rings is 1. The van der Waals surface area contributed by atoms with Crippen LogP contribution < -0.4 is 5.32 Å². The van der Waals surface area contributed by atoms with Gasteiger partial charge in [0.25, 0.3) is 0 Å². The van der Waals surface area contributed by atoms with Crippen molar-refractivity contribution < 1.29 is 0 Å². The second-order valence-corrected chi connectivity index (χ2v) is 5.94. The Kier molecular flexibility index (Phi) is 4.74. The van der Waals surface area contributed by atoms with E-state index < -0.39 is 0 Å². The Morgan fingerprint density at radius 2 is 1.87 bits per heavy atom. The van der Waals surface area contributed by atoms with E-state index in [0.717, 1.165) is 35.2 Å². The molecule has 3 rings (SSSR count). The van der Waals surface area contributed by atoms with Crippen molar-refractivity contribution in [3.05, 3.63) is 76.3 Å². The second kappa shape index (κ2) is 6.94. The summed E-state index contributed by atoms with van der Waals surface area (Å²) in [7, 11) is 0. The number of hydrogen-bond acceptors (Lipinski definition) is 3. The third kappa shape index (κ3) is 3.60. The molecule has 3 aromatic rings. The third-order valence-corrected chi connectivity index (χ3v) is 4.12. The van der Waals surface area contributed by atoms with Crippen molar-refractivity contribution in [1.82, 2.24) is 20.1 Å². The molecule has 0 amide bonds. The van der Waals surface area contributed by atoms with Crippen molar-refractivity contribution in [2.75, 3.05) is 0 Å². The van der Waals surface area contributed by atoms with E-state index in [1.54, 1.807) is 6.20 Å². The first-order valence-electron chi connectivity index (χ1n) is 7.56. The van der Waals surface area contributed by atoms with Crippen LogP contribution in [0.3, 0.4) is 0 Å². The van der Waals surface area contributed by atoms with Gasteiger partial charge in [-0.3, -0.25) is 4.98 Å².